The van der Waals surface area contributed by atoms with Crippen molar-refractivity contribution >= 4 is 11.8 Å². The fraction of sp³-hybridized carbons (Fsp3) is 0.647. The fourth-order valence-corrected chi connectivity index (χ4v) is 3.62. The van der Waals surface area contributed by atoms with Crippen molar-refractivity contribution in [3.8, 4) is 0 Å². The maximum atomic E-state index is 12.4. The number of H-pyrrole nitrogens is 1. The monoisotopic (exact) mass is 317 g/mol. The summed E-state index contributed by atoms with van der Waals surface area (Å²) in [6, 6.07) is 3.64. The molecule has 6 nitrogen and oxygen atoms in total. The Kier molecular flexibility index (Phi) is 3.64. The van der Waals surface area contributed by atoms with E-state index in [0.717, 1.165) is 19.4 Å². The van der Waals surface area contributed by atoms with E-state index in [1.165, 1.54) is 12.8 Å². The molecule has 0 bridgehead atoms. The predicted octanol–water partition coefficient (Wildman–Crippen LogP) is 1.26. The zero-order valence-corrected chi connectivity index (χ0v) is 13.3. The molecule has 1 aromatic heterocycles. The summed E-state index contributed by atoms with van der Waals surface area (Å²) < 4.78 is 5.93. The lowest BCUT2D eigenvalue weighted by Gasteiger charge is -2.47. The third kappa shape index (κ3) is 3.00. The van der Waals surface area contributed by atoms with Crippen LogP contribution in [-0.4, -0.2) is 65.0 Å². The molecular weight excluding hydrogens is 294 g/mol. The van der Waals surface area contributed by atoms with Gasteiger partial charge in [-0.25, -0.2) is 0 Å². The maximum Gasteiger partial charge on any atom is 0.270 e. The molecule has 4 rings (SSSR count). The van der Waals surface area contributed by atoms with Crippen molar-refractivity contribution in [2.75, 3.05) is 32.8 Å². The summed E-state index contributed by atoms with van der Waals surface area (Å²) >= 11 is 0. The van der Waals surface area contributed by atoms with Gasteiger partial charge in [-0.05, 0) is 43.7 Å². The lowest BCUT2D eigenvalue weighted by atomic mass is 9.89. The number of carbonyl (C=O) groups is 2. The van der Waals surface area contributed by atoms with Crippen LogP contribution in [0.15, 0.2) is 18.3 Å². The van der Waals surface area contributed by atoms with Crippen LogP contribution in [0.2, 0.25) is 0 Å². The zero-order valence-electron chi connectivity index (χ0n) is 13.3. The lowest BCUT2D eigenvalue weighted by Crippen LogP contribution is -2.59. The van der Waals surface area contributed by atoms with Gasteiger partial charge in [0.25, 0.3) is 5.91 Å². The standard InChI is InChI=1S/C17H23N3O3/c21-15-11-23-17(12-20(15)10-13-3-4-13)5-8-19(9-6-17)16(22)14-2-1-7-18-14/h1-2,7,13,18H,3-6,8-12H2. The van der Waals surface area contributed by atoms with Gasteiger partial charge in [-0.1, -0.05) is 0 Å². The highest BCUT2D eigenvalue weighted by Crippen LogP contribution is 2.34. The Morgan fingerprint density at radius 3 is 2.78 bits per heavy atom. The number of hydrogen-bond donors (Lipinski definition) is 1. The van der Waals surface area contributed by atoms with E-state index in [4.69, 9.17) is 4.74 Å². The topological polar surface area (TPSA) is 65.6 Å². The minimum atomic E-state index is -0.255. The number of aromatic amines is 1. The molecule has 2 aliphatic heterocycles. The van der Waals surface area contributed by atoms with Gasteiger partial charge in [0.2, 0.25) is 5.91 Å². The number of amides is 2. The van der Waals surface area contributed by atoms with Crippen LogP contribution in [0.3, 0.4) is 0 Å². The van der Waals surface area contributed by atoms with Crippen molar-refractivity contribution < 1.29 is 14.3 Å². The Labute approximate surface area is 135 Å². The van der Waals surface area contributed by atoms with Gasteiger partial charge >= 0.3 is 0 Å². The first-order valence-electron chi connectivity index (χ1n) is 8.50. The van der Waals surface area contributed by atoms with Crippen molar-refractivity contribution in [2.24, 2.45) is 5.92 Å². The molecule has 0 radical (unpaired) electrons. The van der Waals surface area contributed by atoms with Crippen LogP contribution in [0.25, 0.3) is 0 Å². The fourth-order valence-electron chi connectivity index (χ4n) is 3.62. The van der Waals surface area contributed by atoms with E-state index < -0.39 is 0 Å². The molecule has 2 saturated heterocycles. The largest absolute Gasteiger partial charge is 0.363 e. The Morgan fingerprint density at radius 1 is 1.35 bits per heavy atom. The van der Waals surface area contributed by atoms with E-state index >= 15 is 0 Å². The molecule has 124 valence electrons. The molecule has 6 heteroatoms. The molecule has 1 spiro atoms. The van der Waals surface area contributed by atoms with E-state index in [1.807, 2.05) is 15.9 Å². The molecule has 2 amide bonds. The molecule has 1 aliphatic carbocycles. The van der Waals surface area contributed by atoms with Gasteiger partial charge in [-0.3, -0.25) is 9.59 Å². The summed E-state index contributed by atoms with van der Waals surface area (Å²) in [5, 5.41) is 0. The van der Waals surface area contributed by atoms with Gasteiger partial charge in [-0.2, -0.15) is 0 Å². The average Bonchev–Trinajstić information content (AvgIpc) is 3.21. The Bertz CT molecular complexity index is 586. The predicted molar refractivity (Wildman–Crippen MR) is 83.9 cm³/mol. The minimum absolute atomic E-state index is 0.0478. The quantitative estimate of drug-likeness (QED) is 0.913. The van der Waals surface area contributed by atoms with Crippen LogP contribution < -0.4 is 0 Å². The molecule has 1 saturated carbocycles. The van der Waals surface area contributed by atoms with Crippen molar-refractivity contribution in [3.63, 3.8) is 0 Å². The molecule has 23 heavy (non-hydrogen) atoms. The van der Waals surface area contributed by atoms with Crippen LogP contribution in [0.1, 0.15) is 36.2 Å². The highest BCUT2D eigenvalue weighted by Gasteiger charge is 2.44. The van der Waals surface area contributed by atoms with Crippen LogP contribution in [0, 0.1) is 5.92 Å². The lowest BCUT2D eigenvalue weighted by molar-refractivity contribution is -0.170. The van der Waals surface area contributed by atoms with Crippen molar-refractivity contribution in [1.82, 2.24) is 14.8 Å². The SMILES string of the molecule is O=C1COC2(CCN(C(=O)c3ccc[nH]3)CC2)CN1CC1CC1. The number of piperidine rings is 1. The third-order valence-corrected chi connectivity index (χ3v) is 5.30. The number of rotatable bonds is 3. The van der Waals surface area contributed by atoms with Gasteiger partial charge in [0.15, 0.2) is 0 Å². The molecular formula is C17H23N3O3. The number of ether oxygens (including phenoxy) is 1. The summed E-state index contributed by atoms with van der Waals surface area (Å²) in [5.41, 5.74) is 0.381. The average molecular weight is 317 g/mol. The summed E-state index contributed by atoms with van der Waals surface area (Å²) in [4.78, 5) is 31.3. The van der Waals surface area contributed by atoms with Crippen LogP contribution in [0.4, 0.5) is 0 Å². The number of morpholine rings is 1. The first-order chi connectivity index (χ1) is 11.2. The first kappa shape index (κ1) is 14.8. The summed E-state index contributed by atoms with van der Waals surface area (Å²) in [6.07, 6.45) is 5.86. The molecule has 0 unspecified atom stereocenters. The second kappa shape index (κ2) is 5.67. The zero-order chi connectivity index (χ0) is 15.9. The Balaban J connectivity index is 1.38. The van der Waals surface area contributed by atoms with Crippen LogP contribution in [-0.2, 0) is 9.53 Å². The van der Waals surface area contributed by atoms with E-state index in [0.29, 0.717) is 31.2 Å². The van der Waals surface area contributed by atoms with Gasteiger partial charge < -0.3 is 19.5 Å². The van der Waals surface area contributed by atoms with Gasteiger partial charge in [0.1, 0.15) is 12.3 Å². The summed E-state index contributed by atoms with van der Waals surface area (Å²) in [5.74, 6) is 0.864. The third-order valence-electron chi connectivity index (χ3n) is 5.30. The maximum absolute atomic E-state index is 12.4. The van der Waals surface area contributed by atoms with Crippen molar-refractivity contribution in [1.29, 1.82) is 0 Å². The highest BCUT2D eigenvalue weighted by molar-refractivity contribution is 5.92. The van der Waals surface area contributed by atoms with Gasteiger partial charge in [0.05, 0.1) is 5.60 Å². The molecule has 1 aromatic rings. The second-order valence-electron chi connectivity index (χ2n) is 7.07. The van der Waals surface area contributed by atoms with E-state index in [2.05, 4.69) is 4.98 Å². The van der Waals surface area contributed by atoms with Gasteiger partial charge in [-0.15, -0.1) is 0 Å². The number of hydrogen-bond acceptors (Lipinski definition) is 3. The van der Waals surface area contributed by atoms with Crippen LogP contribution >= 0.6 is 0 Å². The van der Waals surface area contributed by atoms with Gasteiger partial charge in [0, 0.05) is 32.4 Å². The molecule has 3 heterocycles. The number of likely N-dealkylation sites (tertiary alicyclic amines) is 1. The second-order valence-corrected chi connectivity index (χ2v) is 7.07. The number of nitrogens with zero attached hydrogens (tertiary/aromatic N) is 2. The molecule has 1 N–H and O–H groups in total. The van der Waals surface area contributed by atoms with E-state index in [1.54, 1.807) is 12.3 Å². The summed E-state index contributed by atoms with van der Waals surface area (Å²) in [7, 11) is 0. The Hall–Kier alpha value is -1.82. The molecule has 0 aromatic carbocycles. The first-order valence-corrected chi connectivity index (χ1v) is 8.50. The number of nitrogens with one attached hydrogen (secondary N) is 1. The van der Waals surface area contributed by atoms with E-state index in [-0.39, 0.29) is 24.0 Å². The van der Waals surface area contributed by atoms with Crippen molar-refractivity contribution in [3.05, 3.63) is 24.0 Å². The smallest absolute Gasteiger partial charge is 0.270 e. The highest BCUT2D eigenvalue weighted by atomic mass is 16.5. The molecule has 0 atom stereocenters. The minimum Gasteiger partial charge on any atom is -0.363 e. The number of carbonyl (C=O) groups excluding carboxylic acids is 2. The Morgan fingerprint density at radius 2 is 2.13 bits per heavy atom. The summed E-state index contributed by atoms with van der Waals surface area (Å²) in [6.45, 7) is 3.13. The molecule has 3 aliphatic rings. The normalized spacial score (nSPS) is 24.3. The molecule has 3 fully saturated rings. The van der Waals surface area contributed by atoms with E-state index in [9.17, 15) is 9.59 Å². The number of aromatic nitrogens is 1. The van der Waals surface area contributed by atoms with Crippen molar-refractivity contribution in [2.45, 2.75) is 31.3 Å². The van der Waals surface area contributed by atoms with Crippen LogP contribution in [0.5, 0.6) is 0 Å².